The molecule has 0 radical (unpaired) electrons. The van der Waals surface area contributed by atoms with Crippen LogP contribution in [0.15, 0.2) is 0 Å². The third kappa shape index (κ3) is 8.94. The third-order valence-corrected chi connectivity index (χ3v) is 26.4. The summed E-state index contributed by atoms with van der Waals surface area (Å²) >= 11 is 0. The molecule has 0 bridgehead atoms. The lowest BCUT2D eigenvalue weighted by Crippen LogP contribution is -2.63. The molecule has 2 atom stereocenters. The van der Waals surface area contributed by atoms with Crippen molar-refractivity contribution in [3.63, 3.8) is 0 Å². The number of rotatable bonds is 9. The van der Waals surface area contributed by atoms with Gasteiger partial charge in [0.05, 0.1) is 0 Å². The molecule has 0 aromatic rings. The summed E-state index contributed by atoms with van der Waals surface area (Å²) in [7, 11) is -10.1. The van der Waals surface area contributed by atoms with Crippen LogP contribution in [0.1, 0.15) is 75.7 Å². The van der Waals surface area contributed by atoms with Gasteiger partial charge in [-0.3, -0.25) is 14.2 Å². The molecule has 0 rings (SSSR count). The summed E-state index contributed by atoms with van der Waals surface area (Å²) in [4.78, 5) is 26.9. The molecule has 0 aliphatic rings. The molecular weight excluding hydrogens is 510 g/mol. The fourth-order valence-electron chi connectivity index (χ4n) is 3.21. The zero-order valence-electron chi connectivity index (χ0n) is 25.9. The summed E-state index contributed by atoms with van der Waals surface area (Å²) in [6.07, 6.45) is 0.497. The maximum absolute atomic E-state index is 13.8. The number of nitrogens with zero attached hydrogens (tertiary/aromatic N) is 1. The highest BCUT2D eigenvalue weighted by Gasteiger charge is 2.50. The van der Waals surface area contributed by atoms with E-state index in [2.05, 4.69) is 88.5 Å². The lowest BCUT2D eigenvalue weighted by atomic mass is 10.2. The maximum Gasteiger partial charge on any atom is 0.314 e. The minimum absolute atomic E-state index is 0.0775. The molecule has 0 saturated carbocycles. The van der Waals surface area contributed by atoms with E-state index in [1.54, 1.807) is 11.2 Å². The highest BCUT2D eigenvalue weighted by atomic mass is 31.2. The zero-order valence-corrected chi connectivity index (χ0v) is 29.8. The maximum atomic E-state index is 13.8. The Labute approximate surface area is 220 Å². The number of amides is 1. The first-order valence-corrected chi connectivity index (χ1v) is 23.8. The van der Waals surface area contributed by atoms with Gasteiger partial charge in [-0.2, -0.15) is 0 Å². The predicted molar refractivity (Wildman–Crippen MR) is 158 cm³/mol. The van der Waals surface area contributed by atoms with E-state index in [4.69, 9.17) is 8.64 Å². The molecule has 0 fully saturated rings. The minimum Gasteiger partial charge on any atom is -0.518 e. The van der Waals surface area contributed by atoms with Crippen molar-refractivity contribution in [1.29, 1.82) is 0 Å². The summed E-state index contributed by atoms with van der Waals surface area (Å²) in [6, 6.07) is -0.779. The first-order chi connectivity index (χ1) is 15.0. The van der Waals surface area contributed by atoms with Crippen LogP contribution in [0.25, 0.3) is 0 Å². The lowest BCUT2D eigenvalue weighted by Gasteiger charge is -2.49. The first kappa shape index (κ1) is 34.8. The Morgan fingerprint density at radius 3 is 1.51 bits per heavy atom. The van der Waals surface area contributed by atoms with Crippen molar-refractivity contribution in [2.75, 3.05) is 12.8 Å². The number of hydrogen-bond donors (Lipinski definition) is 0. The van der Waals surface area contributed by atoms with E-state index in [0.29, 0.717) is 0 Å². The summed E-state index contributed by atoms with van der Waals surface area (Å²) in [5.74, 6) is -0.506. The van der Waals surface area contributed by atoms with Crippen LogP contribution in [0.2, 0.25) is 54.4 Å². The second-order valence-corrected chi connectivity index (χ2v) is 32.3. The summed E-state index contributed by atoms with van der Waals surface area (Å²) in [5, 5.41) is -0.398. The highest BCUT2D eigenvalue weighted by Crippen LogP contribution is 2.52. The van der Waals surface area contributed by atoms with Crippen LogP contribution in [-0.2, 0) is 22.8 Å². The van der Waals surface area contributed by atoms with Crippen molar-refractivity contribution in [3.05, 3.63) is 0 Å². The van der Waals surface area contributed by atoms with Gasteiger partial charge in [0, 0.05) is 19.8 Å². The van der Waals surface area contributed by atoms with Gasteiger partial charge in [-0.15, -0.1) is 0 Å². The second kappa shape index (κ2) is 10.9. The fraction of sp³-hybridized carbons (Fsp3) is 0.920. The highest BCUT2D eigenvalue weighted by molar-refractivity contribution is 7.59. The predicted octanol–water partition coefficient (Wildman–Crippen LogP) is 8.08. The molecule has 6 nitrogen and oxygen atoms in total. The largest absolute Gasteiger partial charge is 0.518 e. The monoisotopic (exact) mass is 565 g/mol. The third-order valence-electron chi connectivity index (χ3n) is 8.56. The number of hydrogen-bond acceptors (Lipinski definition) is 5. The Morgan fingerprint density at radius 1 is 0.800 bits per heavy atom. The molecule has 0 saturated heterocycles. The van der Waals surface area contributed by atoms with Gasteiger partial charge in [0.15, 0.2) is 15.6 Å². The van der Waals surface area contributed by atoms with E-state index in [0.717, 1.165) is 0 Å². The summed E-state index contributed by atoms with van der Waals surface area (Å²) < 4.78 is 28.0. The molecule has 0 spiro atoms. The molecule has 0 aliphatic heterocycles. The molecule has 0 heterocycles. The van der Waals surface area contributed by atoms with Crippen LogP contribution < -0.4 is 0 Å². The molecule has 0 aromatic carbocycles. The van der Waals surface area contributed by atoms with Gasteiger partial charge in [-0.25, -0.2) is 0 Å². The van der Waals surface area contributed by atoms with E-state index in [-0.39, 0.29) is 39.6 Å². The van der Waals surface area contributed by atoms with Crippen molar-refractivity contribution in [2.24, 2.45) is 0 Å². The smallest absolute Gasteiger partial charge is 0.314 e. The normalized spacial score (nSPS) is 16.9. The van der Waals surface area contributed by atoms with Crippen LogP contribution >= 0.6 is 7.37 Å². The van der Waals surface area contributed by atoms with Crippen LogP contribution in [-0.4, -0.2) is 60.2 Å². The molecule has 10 heteroatoms. The van der Waals surface area contributed by atoms with Crippen LogP contribution in [0.5, 0.6) is 0 Å². The first-order valence-electron chi connectivity index (χ1n) is 12.8. The van der Waals surface area contributed by atoms with E-state index in [1.165, 1.54) is 6.92 Å². The van der Waals surface area contributed by atoms with Gasteiger partial charge in [0.2, 0.25) is 14.2 Å². The van der Waals surface area contributed by atoms with Gasteiger partial charge in [0.1, 0.15) is 6.04 Å². The van der Waals surface area contributed by atoms with Crippen molar-refractivity contribution in [3.8, 4) is 0 Å². The van der Waals surface area contributed by atoms with Crippen molar-refractivity contribution < 1.29 is 22.8 Å². The molecular formula is C25H56NO5PSi3. The Kier molecular flexibility index (Phi) is 10.8. The average molecular weight is 566 g/mol. The summed E-state index contributed by atoms with van der Waals surface area (Å²) in [5.41, 5.74) is 0. The van der Waals surface area contributed by atoms with Gasteiger partial charge < -0.3 is 13.2 Å². The van der Waals surface area contributed by atoms with E-state index in [1.807, 2.05) is 13.1 Å². The molecule has 0 aromatic heterocycles. The Hall–Kier alpha value is -0.219. The molecule has 208 valence electrons. The van der Waals surface area contributed by atoms with Crippen LogP contribution in [0.4, 0.5) is 0 Å². The van der Waals surface area contributed by atoms with Crippen molar-refractivity contribution in [1.82, 2.24) is 4.57 Å². The van der Waals surface area contributed by atoms with Gasteiger partial charge in [-0.1, -0.05) is 75.4 Å². The van der Waals surface area contributed by atoms with E-state index < -0.39 is 38.3 Å². The number of carbonyl (C=O) groups is 2. The average Bonchev–Trinajstić information content (AvgIpc) is 2.53. The Bertz CT molecular complexity index is 820. The molecule has 0 N–H and O–H groups in total. The van der Waals surface area contributed by atoms with Crippen molar-refractivity contribution >= 4 is 44.1 Å². The van der Waals surface area contributed by atoms with Crippen LogP contribution in [0.3, 0.4) is 0 Å². The van der Waals surface area contributed by atoms with Gasteiger partial charge in [0.25, 0.3) is 8.32 Å². The van der Waals surface area contributed by atoms with E-state index >= 15 is 0 Å². The topological polar surface area (TPSA) is 72.9 Å². The Balaban J connectivity index is 6.41. The Morgan fingerprint density at radius 2 is 1.20 bits per heavy atom. The number of carbonyl (C=O) groups excluding carboxylic acids is 2. The SMILES string of the molecule is CC(=O)N(C(CCP(C)(=O)O[Si](C)(C)C(C)(C)C)C(=O)O[Si](C)(C)C(C)(C)C)[Si](C)(C)C(C)(C)C. The molecule has 1 amide bonds. The summed E-state index contributed by atoms with van der Waals surface area (Å²) in [6.45, 7) is 34.7. The fourth-order valence-corrected chi connectivity index (χ4v) is 12.7. The second-order valence-electron chi connectivity index (χ2n) is 14.8. The van der Waals surface area contributed by atoms with Gasteiger partial charge >= 0.3 is 5.97 Å². The van der Waals surface area contributed by atoms with E-state index in [9.17, 15) is 14.2 Å². The lowest BCUT2D eigenvalue weighted by molar-refractivity contribution is -0.144. The zero-order chi connectivity index (χ0) is 28.6. The van der Waals surface area contributed by atoms with Crippen LogP contribution in [0, 0.1) is 0 Å². The minimum atomic E-state index is -3.01. The quantitative estimate of drug-likeness (QED) is 0.209. The molecule has 0 aliphatic carbocycles. The standard InChI is InChI=1S/C25H56NO5PSi3/c1-20(27)26(33(12,13)23(2,3)4)21(22(28)30-34(14,15)24(5,6)7)18-19-32(11,29)31-35(16,17)25(8,9)10/h21H,18-19H2,1-17H3. The van der Waals surface area contributed by atoms with Gasteiger partial charge in [-0.05, 0) is 47.7 Å². The molecule has 35 heavy (non-hydrogen) atoms. The molecule has 2 unspecified atom stereocenters. The van der Waals surface area contributed by atoms with Crippen molar-refractivity contribution in [2.45, 2.75) is 136 Å².